The zero-order chi connectivity index (χ0) is 12.3. The molecule has 0 aliphatic heterocycles. The SMILES string of the molecule is COCC(O)(c1ccccc1)c1nc(Br)cs1. The van der Waals surface area contributed by atoms with Gasteiger partial charge < -0.3 is 9.84 Å². The molecule has 0 aliphatic carbocycles. The van der Waals surface area contributed by atoms with E-state index < -0.39 is 5.60 Å². The third kappa shape index (κ3) is 2.57. The molecular formula is C12H12BrNO2S. The van der Waals surface area contributed by atoms with E-state index in [4.69, 9.17) is 4.74 Å². The van der Waals surface area contributed by atoms with E-state index in [1.54, 1.807) is 7.11 Å². The Balaban J connectivity index is 2.46. The number of thiazole rings is 1. The standard InChI is InChI=1S/C12H12BrNO2S/c1-16-8-12(15,9-5-3-2-4-6-9)11-14-10(13)7-17-11/h2-7,15H,8H2,1H3. The van der Waals surface area contributed by atoms with Gasteiger partial charge in [-0.15, -0.1) is 11.3 Å². The molecule has 5 heteroatoms. The van der Waals surface area contributed by atoms with Crippen LogP contribution in [0.25, 0.3) is 0 Å². The molecule has 0 aliphatic rings. The van der Waals surface area contributed by atoms with E-state index in [1.165, 1.54) is 11.3 Å². The lowest BCUT2D eigenvalue weighted by molar-refractivity contribution is -0.00348. The number of hydrogen-bond donors (Lipinski definition) is 1. The Labute approximate surface area is 112 Å². The van der Waals surface area contributed by atoms with Crippen molar-refractivity contribution in [1.29, 1.82) is 0 Å². The van der Waals surface area contributed by atoms with Crippen LogP contribution in [0.4, 0.5) is 0 Å². The van der Waals surface area contributed by atoms with Crippen LogP contribution in [0.2, 0.25) is 0 Å². The summed E-state index contributed by atoms with van der Waals surface area (Å²) in [5, 5.41) is 13.2. The molecule has 2 aromatic rings. The second-order valence-corrected chi connectivity index (χ2v) is 5.31. The number of methoxy groups -OCH3 is 1. The highest BCUT2D eigenvalue weighted by atomic mass is 79.9. The Morgan fingerprint density at radius 1 is 1.41 bits per heavy atom. The summed E-state index contributed by atoms with van der Waals surface area (Å²) in [6.07, 6.45) is 0. The molecule has 0 amide bonds. The first-order valence-electron chi connectivity index (χ1n) is 5.05. The highest BCUT2D eigenvalue weighted by molar-refractivity contribution is 9.10. The van der Waals surface area contributed by atoms with Gasteiger partial charge in [0.2, 0.25) is 0 Å². The van der Waals surface area contributed by atoms with Crippen LogP contribution < -0.4 is 0 Å². The fourth-order valence-electron chi connectivity index (χ4n) is 1.64. The topological polar surface area (TPSA) is 42.4 Å². The first-order valence-corrected chi connectivity index (χ1v) is 6.72. The summed E-state index contributed by atoms with van der Waals surface area (Å²) in [5.74, 6) is 0. The lowest BCUT2D eigenvalue weighted by Gasteiger charge is -2.25. The van der Waals surface area contributed by atoms with Crippen LogP contribution in [-0.4, -0.2) is 23.8 Å². The van der Waals surface area contributed by atoms with E-state index in [1.807, 2.05) is 35.7 Å². The van der Waals surface area contributed by atoms with Gasteiger partial charge in [-0.05, 0) is 21.5 Å². The molecule has 0 spiro atoms. The average Bonchev–Trinajstić information content (AvgIpc) is 2.78. The lowest BCUT2D eigenvalue weighted by Crippen LogP contribution is -2.32. The van der Waals surface area contributed by atoms with E-state index in [0.29, 0.717) is 5.01 Å². The van der Waals surface area contributed by atoms with Gasteiger partial charge >= 0.3 is 0 Å². The normalized spacial score (nSPS) is 14.5. The minimum absolute atomic E-state index is 0.178. The predicted molar refractivity (Wildman–Crippen MR) is 71.1 cm³/mol. The van der Waals surface area contributed by atoms with E-state index in [2.05, 4.69) is 20.9 Å². The van der Waals surface area contributed by atoms with E-state index in [-0.39, 0.29) is 6.61 Å². The first-order chi connectivity index (χ1) is 8.16. The number of nitrogens with zero attached hydrogens (tertiary/aromatic N) is 1. The van der Waals surface area contributed by atoms with Crippen molar-refractivity contribution >= 4 is 27.3 Å². The molecule has 1 aromatic heterocycles. The van der Waals surface area contributed by atoms with Crippen LogP contribution in [-0.2, 0) is 10.3 Å². The van der Waals surface area contributed by atoms with E-state index >= 15 is 0 Å². The number of ether oxygens (including phenoxy) is 1. The molecule has 1 atom stereocenters. The Hall–Kier alpha value is -0.750. The minimum Gasteiger partial charge on any atom is -0.381 e. The number of rotatable bonds is 4. The zero-order valence-corrected chi connectivity index (χ0v) is 11.7. The van der Waals surface area contributed by atoms with Gasteiger partial charge in [-0.2, -0.15) is 0 Å². The fourth-order valence-corrected chi connectivity index (χ4v) is 2.99. The number of hydrogen-bond acceptors (Lipinski definition) is 4. The van der Waals surface area contributed by atoms with E-state index in [9.17, 15) is 5.11 Å². The van der Waals surface area contributed by atoms with Gasteiger partial charge in [-0.25, -0.2) is 4.98 Å². The summed E-state index contributed by atoms with van der Waals surface area (Å²) >= 11 is 4.70. The first kappa shape index (κ1) is 12.7. The number of aromatic nitrogens is 1. The Kier molecular flexibility index (Phi) is 3.93. The van der Waals surface area contributed by atoms with E-state index in [0.717, 1.165) is 10.2 Å². The van der Waals surface area contributed by atoms with Crippen LogP contribution in [0.1, 0.15) is 10.6 Å². The maximum Gasteiger partial charge on any atom is 0.164 e. The van der Waals surface area contributed by atoms with Crippen molar-refractivity contribution in [1.82, 2.24) is 4.98 Å². The number of halogens is 1. The minimum atomic E-state index is -1.19. The summed E-state index contributed by atoms with van der Waals surface area (Å²) in [7, 11) is 1.57. The van der Waals surface area contributed by atoms with Crippen molar-refractivity contribution in [3.05, 3.63) is 50.9 Å². The smallest absolute Gasteiger partial charge is 0.164 e. The Bertz CT molecular complexity index is 488. The van der Waals surface area contributed by atoms with Gasteiger partial charge in [0.25, 0.3) is 0 Å². The molecule has 0 saturated heterocycles. The summed E-state index contributed by atoms with van der Waals surface area (Å²) in [4.78, 5) is 4.28. The van der Waals surface area contributed by atoms with Gasteiger partial charge in [0, 0.05) is 12.5 Å². The van der Waals surface area contributed by atoms with Crippen molar-refractivity contribution in [2.24, 2.45) is 0 Å². The van der Waals surface area contributed by atoms with Crippen LogP contribution in [0.5, 0.6) is 0 Å². The van der Waals surface area contributed by atoms with Crippen LogP contribution in [0.3, 0.4) is 0 Å². The summed E-state index contributed by atoms with van der Waals surface area (Å²) in [6.45, 7) is 0.178. The molecule has 3 nitrogen and oxygen atoms in total. The zero-order valence-electron chi connectivity index (χ0n) is 9.26. The maximum absolute atomic E-state index is 10.8. The Morgan fingerprint density at radius 3 is 2.65 bits per heavy atom. The molecule has 0 fully saturated rings. The molecule has 2 rings (SSSR count). The van der Waals surface area contributed by atoms with Crippen LogP contribution >= 0.6 is 27.3 Å². The van der Waals surface area contributed by atoms with Crippen molar-refractivity contribution in [2.45, 2.75) is 5.60 Å². The molecule has 1 heterocycles. The van der Waals surface area contributed by atoms with Crippen LogP contribution in [0.15, 0.2) is 40.3 Å². The molecule has 1 unspecified atom stereocenters. The van der Waals surface area contributed by atoms with Gasteiger partial charge in [-0.1, -0.05) is 30.3 Å². The molecule has 17 heavy (non-hydrogen) atoms. The van der Waals surface area contributed by atoms with Crippen molar-refractivity contribution in [2.75, 3.05) is 13.7 Å². The molecule has 1 aromatic carbocycles. The molecular weight excluding hydrogens is 302 g/mol. The third-order valence-corrected chi connectivity index (χ3v) is 4.14. The fraction of sp³-hybridized carbons (Fsp3) is 0.250. The average molecular weight is 314 g/mol. The van der Waals surface area contributed by atoms with Crippen molar-refractivity contribution < 1.29 is 9.84 Å². The van der Waals surface area contributed by atoms with Gasteiger partial charge in [0.1, 0.15) is 9.61 Å². The van der Waals surface area contributed by atoms with Crippen molar-refractivity contribution in [3.8, 4) is 0 Å². The largest absolute Gasteiger partial charge is 0.381 e. The molecule has 0 radical (unpaired) electrons. The van der Waals surface area contributed by atoms with Gasteiger partial charge in [0.05, 0.1) is 6.61 Å². The predicted octanol–water partition coefficient (Wildman–Crippen LogP) is 2.79. The monoisotopic (exact) mass is 313 g/mol. The molecule has 90 valence electrons. The summed E-state index contributed by atoms with van der Waals surface area (Å²) in [5.41, 5.74) is -0.407. The van der Waals surface area contributed by atoms with Gasteiger partial charge in [-0.3, -0.25) is 0 Å². The van der Waals surface area contributed by atoms with Crippen LogP contribution in [0, 0.1) is 0 Å². The van der Waals surface area contributed by atoms with Gasteiger partial charge in [0.15, 0.2) is 5.60 Å². The lowest BCUT2D eigenvalue weighted by atomic mass is 9.95. The number of benzene rings is 1. The second kappa shape index (κ2) is 5.27. The number of aliphatic hydroxyl groups is 1. The summed E-state index contributed by atoms with van der Waals surface area (Å²) < 4.78 is 5.85. The highest BCUT2D eigenvalue weighted by Crippen LogP contribution is 2.33. The molecule has 0 bridgehead atoms. The molecule has 1 N–H and O–H groups in total. The maximum atomic E-state index is 10.8. The second-order valence-electron chi connectivity index (χ2n) is 3.63. The Morgan fingerprint density at radius 2 is 2.12 bits per heavy atom. The third-order valence-electron chi connectivity index (χ3n) is 2.43. The summed E-state index contributed by atoms with van der Waals surface area (Å²) in [6, 6.07) is 9.42. The van der Waals surface area contributed by atoms with Crippen molar-refractivity contribution in [3.63, 3.8) is 0 Å². The molecule has 0 saturated carbocycles. The quantitative estimate of drug-likeness (QED) is 0.943. The highest BCUT2D eigenvalue weighted by Gasteiger charge is 2.34.